The molecule has 2 aromatic rings. The molecule has 1 unspecified atom stereocenters. The second-order valence-electron chi connectivity index (χ2n) is 6.10. The van der Waals surface area contributed by atoms with Gasteiger partial charge in [0.1, 0.15) is 5.56 Å². The van der Waals surface area contributed by atoms with Crippen LogP contribution in [0.4, 0.5) is 5.69 Å². The number of aromatic nitrogens is 1. The number of anilines is 1. The molecular formula is C16H20N2O2. The van der Waals surface area contributed by atoms with Crippen LogP contribution in [0.5, 0.6) is 0 Å². The first-order chi connectivity index (χ1) is 9.30. The first-order valence-electron chi connectivity index (χ1n) is 6.68. The highest BCUT2D eigenvalue weighted by molar-refractivity contribution is 6.04. The Morgan fingerprint density at radius 2 is 1.95 bits per heavy atom. The number of nitrogens with zero attached hydrogens (tertiary/aromatic N) is 1. The quantitative estimate of drug-likeness (QED) is 0.892. The van der Waals surface area contributed by atoms with E-state index in [-0.39, 0.29) is 17.0 Å². The van der Waals surface area contributed by atoms with E-state index in [4.69, 9.17) is 0 Å². The maximum atomic E-state index is 11.4. The van der Waals surface area contributed by atoms with Gasteiger partial charge in [-0.25, -0.2) is 4.79 Å². The van der Waals surface area contributed by atoms with Crippen molar-refractivity contribution in [2.24, 2.45) is 5.41 Å². The zero-order valence-electron chi connectivity index (χ0n) is 12.3. The zero-order valence-corrected chi connectivity index (χ0v) is 12.3. The highest BCUT2D eigenvalue weighted by atomic mass is 16.4. The van der Waals surface area contributed by atoms with Crippen molar-refractivity contribution in [3.05, 3.63) is 36.0 Å². The molecule has 4 nitrogen and oxygen atoms in total. The fraction of sp³-hybridized carbons (Fsp3) is 0.375. The molecule has 0 aliphatic heterocycles. The predicted molar refractivity (Wildman–Crippen MR) is 81.2 cm³/mol. The fourth-order valence-electron chi connectivity index (χ4n) is 1.89. The number of hydrogen-bond acceptors (Lipinski definition) is 3. The number of aromatic carboxylic acids is 1. The molecule has 1 aromatic carbocycles. The number of pyridine rings is 1. The van der Waals surface area contributed by atoms with Crippen LogP contribution in [0, 0.1) is 5.41 Å². The average Bonchev–Trinajstić information content (AvgIpc) is 2.37. The van der Waals surface area contributed by atoms with Crippen LogP contribution in [0.25, 0.3) is 10.9 Å². The second-order valence-corrected chi connectivity index (χ2v) is 6.10. The lowest BCUT2D eigenvalue weighted by Gasteiger charge is -2.30. The van der Waals surface area contributed by atoms with E-state index < -0.39 is 5.97 Å². The molecule has 1 atom stereocenters. The SMILES string of the molecule is CC(Nc1c(C(=O)O)cnc2ccccc12)C(C)(C)C. The number of carbonyl (C=O) groups is 1. The third-order valence-corrected chi connectivity index (χ3v) is 3.67. The second kappa shape index (κ2) is 5.12. The van der Waals surface area contributed by atoms with Gasteiger partial charge in [0.15, 0.2) is 0 Å². The molecule has 2 rings (SSSR count). The van der Waals surface area contributed by atoms with Crippen molar-refractivity contribution in [1.82, 2.24) is 4.98 Å². The minimum atomic E-state index is -0.966. The largest absolute Gasteiger partial charge is 0.478 e. The van der Waals surface area contributed by atoms with Gasteiger partial charge in [0.05, 0.1) is 11.2 Å². The molecule has 1 heterocycles. The van der Waals surface area contributed by atoms with Gasteiger partial charge in [0.25, 0.3) is 0 Å². The highest BCUT2D eigenvalue weighted by Gasteiger charge is 2.23. The Bertz CT molecular complexity index is 644. The van der Waals surface area contributed by atoms with Gasteiger partial charge in [-0.3, -0.25) is 4.98 Å². The summed E-state index contributed by atoms with van der Waals surface area (Å²) in [5.74, 6) is -0.966. The van der Waals surface area contributed by atoms with E-state index in [2.05, 4.69) is 38.0 Å². The molecule has 20 heavy (non-hydrogen) atoms. The van der Waals surface area contributed by atoms with E-state index in [1.54, 1.807) is 0 Å². The van der Waals surface area contributed by atoms with Crippen molar-refractivity contribution in [1.29, 1.82) is 0 Å². The summed E-state index contributed by atoms with van der Waals surface area (Å²) >= 11 is 0. The topological polar surface area (TPSA) is 62.2 Å². The number of nitrogens with one attached hydrogen (secondary N) is 1. The van der Waals surface area contributed by atoms with E-state index in [0.717, 1.165) is 10.9 Å². The number of fused-ring (bicyclic) bond motifs is 1. The number of benzene rings is 1. The van der Waals surface area contributed by atoms with E-state index in [0.29, 0.717) is 5.69 Å². The molecule has 0 saturated heterocycles. The Morgan fingerprint density at radius 3 is 2.55 bits per heavy atom. The van der Waals surface area contributed by atoms with Crippen LogP contribution in [-0.2, 0) is 0 Å². The molecule has 1 aromatic heterocycles. The van der Waals surface area contributed by atoms with Crippen LogP contribution in [-0.4, -0.2) is 22.1 Å². The molecule has 4 heteroatoms. The van der Waals surface area contributed by atoms with Gasteiger partial charge in [-0.05, 0) is 18.4 Å². The van der Waals surface area contributed by atoms with Gasteiger partial charge >= 0.3 is 5.97 Å². The lowest BCUT2D eigenvalue weighted by Crippen LogP contribution is -2.31. The first kappa shape index (κ1) is 14.3. The summed E-state index contributed by atoms with van der Waals surface area (Å²) in [6, 6.07) is 7.70. The van der Waals surface area contributed by atoms with Gasteiger partial charge < -0.3 is 10.4 Å². The maximum Gasteiger partial charge on any atom is 0.339 e. The van der Waals surface area contributed by atoms with Crippen LogP contribution in [0.1, 0.15) is 38.1 Å². The number of para-hydroxylation sites is 1. The molecule has 0 aliphatic carbocycles. The Balaban J connectivity index is 2.58. The third-order valence-electron chi connectivity index (χ3n) is 3.67. The van der Waals surface area contributed by atoms with Gasteiger partial charge in [0.2, 0.25) is 0 Å². The summed E-state index contributed by atoms with van der Waals surface area (Å²) in [7, 11) is 0. The van der Waals surface area contributed by atoms with Gasteiger partial charge in [-0.15, -0.1) is 0 Å². The lowest BCUT2D eigenvalue weighted by molar-refractivity contribution is 0.0697. The molecular weight excluding hydrogens is 252 g/mol. The molecule has 0 aliphatic rings. The molecule has 0 radical (unpaired) electrons. The van der Waals surface area contributed by atoms with Crippen molar-refractivity contribution in [2.75, 3.05) is 5.32 Å². The normalized spacial score (nSPS) is 13.2. The summed E-state index contributed by atoms with van der Waals surface area (Å²) in [4.78, 5) is 15.6. The Hall–Kier alpha value is -2.10. The summed E-state index contributed by atoms with van der Waals surface area (Å²) in [6.45, 7) is 8.41. The number of carboxylic acid groups (broad SMARTS) is 1. The molecule has 106 valence electrons. The number of hydrogen-bond donors (Lipinski definition) is 2. The van der Waals surface area contributed by atoms with Gasteiger partial charge in [-0.1, -0.05) is 39.0 Å². The highest BCUT2D eigenvalue weighted by Crippen LogP contribution is 2.30. The zero-order chi connectivity index (χ0) is 14.9. The van der Waals surface area contributed by atoms with Crippen LogP contribution in [0.2, 0.25) is 0 Å². The first-order valence-corrected chi connectivity index (χ1v) is 6.68. The van der Waals surface area contributed by atoms with Crippen molar-refractivity contribution in [3.63, 3.8) is 0 Å². The van der Waals surface area contributed by atoms with Crippen LogP contribution in [0.3, 0.4) is 0 Å². The van der Waals surface area contributed by atoms with Crippen molar-refractivity contribution in [2.45, 2.75) is 33.7 Å². The van der Waals surface area contributed by atoms with Crippen LogP contribution >= 0.6 is 0 Å². The number of carboxylic acids is 1. The van der Waals surface area contributed by atoms with Crippen LogP contribution < -0.4 is 5.32 Å². The third kappa shape index (κ3) is 2.74. The maximum absolute atomic E-state index is 11.4. The van der Waals surface area contributed by atoms with Gasteiger partial charge in [0, 0.05) is 17.6 Å². The number of rotatable bonds is 3. The summed E-state index contributed by atoms with van der Waals surface area (Å²) in [5.41, 5.74) is 1.67. The monoisotopic (exact) mass is 272 g/mol. The molecule has 0 fully saturated rings. The summed E-state index contributed by atoms with van der Waals surface area (Å²) < 4.78 is 0. The Kier molecular flexibility index (Phi) is 3.66. The molecule has 2 N–H and O–H groups in total. The van der Waals surface area contributed by atoms with Crippen molar-refractivity contribution in [3.8, 4) is 0 Å². The fourth-order valence-corrected chi connectivity index (χ4v) is 1.89. The molecule has 0 amide bonds. The van der Waals surface area contributed by atoms with Crippen molar-refractivity contribution < 1.29 is 9.90 Å². The predicted octanol–water partition coefficient (Wildman–Crippen LogP) is 3.78. The molecule has 0 spiro atoms. The lowest BCUT2D eigenvalue weighted by atomic mass is 9.87. The minimum absolute atomic E-state index is 0.0279. The Labute approximate surface area is 118 Å². The van der Waals surface area contributed by atoms with Crippen molar-refractivity contribution >= 4 is 22.6 Å². The summed E-state index contributed by atoms with van der Waals surface area (Å²) in [6.07, 6.45) is 1.42. The Morgan fingerprint density at radius 1 is 1.30 bits per heavy atom. The van der Waals surface area contributed by atoms with E-state index in [1.807, 2.05) is 24.3 Å². The molecule has 0 saturated carbocycles. The minimum Gasteiger partial charge on any atom is -0.478 e. The average molecular weight is 272 g/mol. The standard InChI is InChI=1S/C16H20N2O2/c1-10(16(2,3)4)18-14-11-7-5-6-8-13(11)17-9-12(14)15(19)20/h5-10H,1-4H3,(H,17,18)(H,19,20). The summed E-state index contributed by atoms with van der Waals surface area (Å²) in [5, 5.41) is 13.6. The van der Waals surface area contributed by atoms with E-state index in [1.165, 1.54) is 6.20 Å². The van der Waals surface area contributed by atoms with E-state index >= 15 is 0 Å². The van der Waals surface area contributed by atoms with Gasteiger partial charge in [-0.2, -0.15) is 0 Å². The smallest absolute Gasteiger partial charge is 0.339 e. The van der Waals surface area contributed by atoms with E-state index in [9.17, 15) is 9.90 Å². The van der Waals surface area contributed by atoms with Crippen LogP contribution in [0.15, 0.2) is 30.5 Å². The molecule has 0 bridgehead atoms.